The van der Waals surface area contributed by atoms with Gasteiger partial charge in [0.05, 0.1) is 10.7 Å². The highest BCUT2D eigenvalue weighted by Gasteiger charge is 2.28. The van der Waals surface area contributed by atoms with Crippen LogP contribution in [0.3, 0.4) is 0 Å². The Morgan fingerprint density at radius 1 is 1.06 bits per heavy atom. The van der Waals surface area contributed by atoms with E-state index in [2.05, 4.69) is 20.8 Å². The highest BCUT2D eigenvalue weighted by molar-refractivity contribution is 7.13. The lowest BCUT2D eigenvalue weighted by Gasteiger charge is -2.31. The third-order valence-corrected chi connectivity index (χ3v) is 6.54. The first-order valence-corrected chi connectivity index (χ1v) is 11.3. The Labute approximate surface area is 193 Å². The molecule has 160 valence electrons. The Hall–Kier alpha value is -2.68. The molecule has 3 amide bonds. The van der Waals surface area contributed by atoms with Crippen LogP contribution in [0, 0.1) is 0 Å². The van der Waals surface area contributed by atoms with Gasteiger partial charge in [0.15, 0.2) is 0 Å². The SMILES string of the molecule is O=C(Nc1cccc(Cl)c1)c1nnc([C@@H]2CCCN(C(=O)Nc3ccccc3Cl)C2)s1. The number of halogens is 2. The standard InChI is InChI=1S/C21H19Cl2N5O2S/c22-14-6-3-7-15(11-14)24-18(29)20-27-26-19(31-20)13-5-4-10-28(12-13)21(30)25-17-9-2-1-8-16(17)23/h1-3,6-9,11,13H,4-5,10,12H2,(H,24,29)(H,25,30)/t13-/m1/s1. The number of piperidine rings is 1. The van der Waals surface area contributed by atoms with Crippen LogP contribution in [0.1, 0.15) is 33.6 Å². The molecule has 31 heavy (non-hydrogen) atoms. The minimum atomic E-state index is -0.338. The summed E-state index contributed by atoms with van der Waals surface area (Å²) in [7, 11) is 0. The van der Waals surface area contributed by atoms with Crippen molar-refractivity contribution >= 4 is 57.9 Å². The molecule has 4 rings (SSSR count). The van der Waals surface area contributed by atoms with Gasteiger partial charge in [-0.05, 0) is 43.2 Å². The van der Waals surface area contributed by atoms with Crippen LogP contribution in [0.5, 0.6) is 0 Å². The highest BCUT2D eigenvalue weighted by Crippen LogP contribution is 2.30. The van der Waals surface area contributed by atoms with E-state index in [1.54, 1.807) is 41.3 Å². The summed E-state index contributed by atoms with van der Waals surface area (Å²) in [5, 5.41) is 15.9. The van der Waals surface area contributed by atoms with Gasteiger partial charge in [-0.1, -0.05) is 52.7 Å². The zero-order chi connectivity index (χ0) is 21.8. The minimum Gasteiger partial charge on any atom is -0.324 e. The van der Waals surface area contributed by atoms with Gasteiger partial charge in [-0.15, -0.1) is 10.2 Å². The largest absolute Gasteiger partial charge is 0.324 e. The van der Waals surface area contributed by atoms with Crippen LogP contribution >= 0.6 is 34.5 Å². The third-order valence-electron chi connectivity index (χ3n) is 4.89. The van der Waals surface area contributed by atoms with E-state index in [0.717, 1.165) is 17.8 Å². The number of hydrogen-bond donors (Lipinski definition) is 2. The number of rotatable bonds is 4. The van der Waals surface area contributed by atoms with Gasteiger partial charge in [-0.3, -0.25) is 4.79 Å². The molecule has 2 heterocycles. The number of carbonyl (C=O) groups is 2. The summed E-state index contributed by atoms with van der Waals surface area (Å²) in [4.78, 5) is 26.9. The Bertz CT molecular complexity index is 1110. The van der Waals surface area contributed by atoms with Gasteiger partial charge in [0.2, 0.25) is 5.01 Å². The first-order valence-electron chi connectivity index (χ1n) is 9.70. The third kappa shape index (κ3) is 5.33. The number of urea groups is 1. The molecule has 10 heteroatoms. The van der Waals surface area contributed by atoms with Gasteiger partial charge < -0.3 is 15.5 Å². The zero-order valence-corrected chi connectivity index (χ0v) is 18.7. The van der Waals surface area contributed by atoms with Crippen molar-refractivity contribution in [1.29, 1.82) is 0 Å². The summed E-state index contributed by atoms with van der Waals surface area (Å²) in [6.07, 6.45) is 1.71. The number of likely N-dealkylation sites (tertiary alicyclic amines) is 1. The second kappa shape index (κ2) is 9.64. The first-order chi connectivity index (χ1) is 15.0. The Balaban J connectivity index is 1.39. The molecule has 2 N–H and O–H groups in total. The van der Waals surface area contributed by atoms with Crippen molar-refractivity contribution in [3.8, 4) is 0 Å². The number of aromatic nitrogens is 2. The number of nitrogens with zero attached hydrogens (tertiary/aromatic N) is 3. The molecule has 1 fully saturated rings. The number of amides is 3. The minimum absolute atomic E-state index is 0.0240. The van der Waals surface area contributed by atoms with Crippen LogP contribution in [-0.2, 0) is 0 Å². The highest BCUT2D eigenvalue weighted by atomic mass is 35.5. The van der Waals surface area contributed by atoms with Gasteiger partial charge in [0.25, 0.3) is 5.91 Å². The summed E-state index contributed by atoms with van der Waals surface area (Å²) in [5.41, 5.74) is 1.17. The van der Waals surface area contributed by atoms with E-state index in [9.17, 15) is 9.59 Å². The van der Waals surface area contributed by atoms with E-state index in [-0.39, 0.29) is 22.9 Å². The molecular weight excluding hydrogens is 457 g/mol. The summed E-state index contributed by atoms with van der Waals surface area (Å²) in [6.45, 7) is 1.15. The molecule has 1 aliphatic heterocycles. The Morgan fingerprint density at radius 2 is 1.90 bits per heavy atom. The van der Waals surface area contributed by atoms with Gasteiger partial charge in [0, 0.05) is 29.7 Å². The predicted molar refractivity (Wildman–Crippen MR) is 123 cm³/mol. The smallest absolute Gasteiger partial charge is 0.321 e. The molecular formula is C21H19Cl2N5O2S. The van der Waals surface area contributed by atoms with Crippen LogP contribution in [-0.4, -0.2) is 40.1 Å². The maximum Gasteiger partial charge on any atom is 0.321 e. The maximum absolute atomic E-state index is 12.7. The predicted octanol–water partition coefficient (Wildman–Crippen LogP) is 5.51. The lowest BCUT2D eigenvalue weighted by atomic mass is 9.99. The molecule has 0 saturated carbocycles. The topological polar surface area (TPSA) is 87.2 Å². The normalized spacial score (nSPS) is 16.1. The van der Waals surface area contributed by atoms with E-state index in [4.69, 9.17) is 23.2 Å². The van der Waals surface area contributed by atoms with Crippen molar-refractivity contribution in [2.75, 3.05) is 23.7 Å². The van der Waals surface area contributed by atoms with Crippen molar-refractivity contribution < 1.29 is 9.59 Å². The Kier molecular flexibility index (Phi) is 6.70. The van der Waals surface area contributed by atoms with Crippen LogP contribution in [0.15, 0.2) is 48.5 Å². The lowest BCUT2D eigenvalue weighted by Crippen LogP contribution is -2.41. The van der Waals surface area contributed by atoms with E-state index in [0.29, 0.717) is 34.5 Å². The molecule has 0 radical (unpaired) electrons. The summed E-state index contributed by atoms with van der Waals surface area (Å²) in [6, 6.07) is 13.8. The lowest BCUT2D eigenvalue weighted by molar-refractivity contribution is 0.102. The number of benzene rings is 2. The molecule has 1 aromatic heterocycles. The summed E-state index contributed by atoms with van der Waals surface area (Å²) in [5.74, 6) is -0.314. The number of carbonyl (C=O) groups excluding carboxylic acids is 2. The van der Waals surface area contributed by atoms with E-state index in [1.807, 2.05) is 12.1 Å². The van der Waals surface area contributed by atoms with Crippen molar-refractivity contribution in [3.63, 3.8) is 0 Å². The van der Waals surface area contributed by atoms with Gasteiger partial charge in [-0.25, -0.2) is 4.79 Å². The molecule has 0 unspecified atom stereocenters. The Morgan fingerprint density at radius 3 is 2.71 bits per heavy atom. The van der Waals surface area contributed by atoms with Gasteiger partial charge >= 0.3 is 6.03 Å². The van der Waals surface area contributed by atoms with Crippen molar-refractivity contribution in [1.82, 2.24) is 15.1 Å². The molecule has 1 saturated heterocycles. The monoisotopic (exact) mass is 475 g/mol. The van der Waals surface area contributed by atoms with E-state index < -0.39 is 0 Å². The molecule has 3 aromatic rings. The number of para-hydroxylation sites is 1. The quantitative estimate of drug-likeness (QED) is 0.520. The average Bonchev–Trinajstić information content (AvgIpc) is 3.26. The van der Waals surface area contributed by atoms with E-state index in [1.165, 1.54) is 11.3 Å². The molecule has 1 atom stereocenters. The first kappa shape index (κ1) is 21.5. The van der Waals surface area contributed by atoms with Crippen LogP contribution < -0.4 is 10.6 Å². The zero-order valence-electron chi connectivity index (χ0n) is 16.3. The summed E-state index contributed by atoms with van der Waals surface area (Å²) >= 11 is 13.3. The number of hydrogen-bond acceptors (Lipinski definition) is 5. The summed E-state index contributed by atoms with van der Waals surface area (Å²) < 4.78 is 0. The average molecular weight is 476 g/mol. The van der Waals surface area contributed by atoms with E-state index >= 15 is 0 Å². The van der Waals surface area contributed by atoms with Crippen LogP contribution in [0.25, 0.3) is 0 Å². The molecule has 2 aromatic carbocycles. The molecule has 0 bridgehead atoms. The molecule has 0 aliphatic carbocycles. The molecule has 7 nitrogen and oxygen atoms in total. The van der Waals surface area contributed by atoms with Crippen molar-refractivity contribution in [3.05, 3.63) is 68.6 Å². The fourth-order valence-electron chi connectivity index (χ4n) is 3.36. The fourth-order valence-corrected chi connectivity index (χ4v) is 4.60. The fraction of sp³-hybridized carbons (Fsp3) is 0.238. The van der Waals surface area contributed by atoms with Crippen LogP contribution in [0.4, 0.5) is 16.2 Å². The number of anilines is 2. The second-order valence-electron chi connectivity index (χ2n) is 7.11. The molecule has 0 spiro atoms. The van der Waals surface area contributed by atoms with Gasteiger partial charge in [-0.2, -0.15) is 0 Å². The second-order valence-corrected chi connectivity index (χ2v) is 8.96. The molecule has 1 aliphatic rings. The van der Waals surface area contributed by atoms with Crippen LogP contribution in [0.2, 0.25) is 10.0 Å². The number of nitrogens with one attached hydrogen (secondary N) is 2. The van der Waals surface area contributed by atoms with Gasteiger partial charge in [0.1, 0.15) is 5.01 Å². The van der Waals surface area contributed by atoms with Crippen molar-refractivity contribution in [2.24, 2.45) is 0 Å². The maximum atomic E-state index is 12.7. The van der Waals surface area contributed by atoms with Crippen molar-refractivity contribution in [2.45, 2.75) is 18.8 Å².